The number of aliphatic hydroxyl groups is 1. The Balaban J connectivity index is 1.82. The molecule has 19 heavy (non-hydrogen) atoms. The number of carbonyl (C=O) groups is 1. The van der Waals surface area contributed by atoms with E-state index in [0.29, 0.717) is 12.5 Å². The van der Waals surface area contributed by atoms with Gasteiger partial charge < -0.3 is 10.0 Å². The van der Waals surface area contributed by atoms with Gasteiger partial charge in [-0.2, -0.15) is 0 Å². The number of carbonyl (C=O) groups excluding carboxylic acids is 1. The molecule has 1 fully saturated rings. The van der Waals surface area contributed by atoms with Crippen molar-refractivity contribution in [2.45, 2.75) is 77.0 Å². The molecule has 1 amide bonds. The lowest BCUT2D eigenvalue weighted by Gasteiger charge is -2.26. The largest absolute Gasteiger partial charge is 0.396 e. The first-order valence-electron chi connectivity index (χ1n) is 8.23. The number of amides is 1. The highest BCUT2D eigenvalue weighted by molar-refractivity contribution is 5.76. The molecule has 1 aliphatic heterocycles. The highest BCUT2D eigenvalue weighted by atomic mass is 16.2. The van der Waals surface area contributed by atoms with E-state index in [1.54, 1.807) is 0 Å². The maximum atomic E-state index is 11.6. The maximum absolute atomic E-state index is 11.6. The number of piperidine rings is 1. The van der Waals surface area contributed by atoms with Gasteiger partial charge in [0.05, 0.1) is 0 Å². The Bertz CT molecular complexity index is 231. The minimum Gasteiger partial charge on any atom is -0.396 e. The molecule has 1 heterocycles. The van der Waals surface area contributed by atoms with Gasteiger partial charge in [0, 0.05) is 26.1 Å². The second-order valence-corrected chi connectivity index (χ2v) is 5.74. The molecular formula is C16H31NO2. The van der Waals surface area contributed by atoms with Crippen LogP contribution in [0.3, 0.4) is 0 Å². The lowest BCUT2D eigenvalue weighted by atomic mass is 10.1. The van der Waals surface area contributed by atoms with E-state index in [9.17, 15) is 4.79 Å². The van der Waals surface area contributed by atoms with Gasteiger partial charge in [0.25, 0.3) is 0 Å². The van der Waals surface area contributed by atoms with Crippen molar-refractivity contribution in [1.82, 2.24) is 4.90 Å². The zero-order valence-electron chi connectivity index (χ0n) is 12.4. The molecule has 0 aromatic carbocycles. The molecule has 1 N–H and O–H groups in total. The molecule has 0 spiro atoms. The second-order valence-electron chi connectivity index (χ2n) is 5.74. The lowest BCUT2D eigenvalue weighted by Crippen LogP contribution is -2.35. The number of rotatable bonds is 11. The van der Waals surface area contributed by atoms with E-state index in [1.807, 2.05) is 0 Å². The first-order valence-corrected chi connectivity index (χ1v) is 8.23. The van der Waals surface area contributed by atoms with Crippen LogP contribution in [0, 0.1) is 0 Å². The average Bonchev–Trinajstić information content (AvgIpc) is 2.43. The van der Waals surface area contributed by atoms with E-state index >= 15 is 0 Å². The summed E-state index contributed by atoms with van der Waals surface area (Å²) < 4.78 is 0. The molecule has 0 unspecified atom stereocenters. The molecule has 1 saturated heterocycles. The number of aliphatic hydroxyl groups excluding tert-OH is 1. The molecular weight excluding hydrogens is 238 g/mol. The van der Waals surface area contributed by atoms with Crippen molar-refractivity contribution < 1.29 is 9.90 Å². The van der Waals surface area contributed by atoms with Crippen molar-refractivity contribution in [3.63, 3.8) is 0 Å². The highest BCUT2D eigenvalue weighted by Crippen LogP contribution is 2.13. The number of nitrogens with zero attached hydrogens (tertiary/aromatic N) is 1. The Morgan fingerprint density at radius 2 is 1.42 bits per heavy atom. The molecule has 3 nitrogen and oxygen atoms in total. The molecule has 0 radical (unpaired) electrons. The van der Waals surface area contributed by atoms with Crippen molar-refractivity contribution in [2.75, 3.05) is 19.7 Å². The van der Waals surface area contributed by atoms with Gasteiger partial charge in [0.1, 0.15) is 0 Å². The van der Waals surface area contributed by atoms with Crippen molar-refractivity contribution in [3.05, 3.63) is 0 Å². The van der Waals surface area contributed by atoms with Gasteiger partial charge >= 0.3 is 0 Å². The van der Waals surface area contributed by atoms with Gasteiger partial charge in [-0.25, -0.2) is 0 Å². The third-order valence-electron chi connectivity index (χ3n) is 4.01. The number of likely N-dealkylation sites (tertiary alicyclic amines) is 1. The topological polar surface area (TPSA) is 40.5 Å². The molecule has 0 saturated carbocycles. The van der Waals surface area contributed by atoms with Crippen molar-refractivity contribution in [3.8, 4) is 0 Å². The summed E-state index contributed by atoms with van der Waals surface area (Å²) >= 11 is 0. The van der Waals surface area contributed by atoms with Crippen LogP contribution < -0.4 is 0 Å². The van der Waals surface area contributed by atoms with E-state index in [2.05, 4.69) is 4.90 Å². The third-order valence-corrected chi connectivity index (χ3v) is 4.01. The fourth-order valence-corrected chi connectivity index (χ4v) is 2.75. The Kier molecular flexibility index (Phi) is 9.78. The smallest absolute Gasteiger partial charge is 0.222 e. The molecule has 0 aromatic rings. The Morgan fingerprint density at radius 3 is 2.00 bits per heavy atom. The summed E-state index contributed by atoms with van der Waals surface area (Å²) in [6.07, 6.45) is 14.2. The molecule has 3 heteroatoms. The SMILES string of the molecule is O=C1CCCCN1CCCCCCCCCCCO. The van der Waals surface area contributed by atoms with Gasteiger partial charge in [0.15, 0.2) is 0 Å². The first-order chi connectivity index (χ1) is 9.34. The third kappa shape index (κ3) is 8.25. The van der Waals surface area contributed by atoms with Crippen LogP contribution in [0.15, 0.2) is 0 Å². The Labute approximate surface area is 118 Å². The molecule has 112 valence electrons. The Hall–Kier alpha value is -0.570. The van der Waals surface area contributed by atoms with Crippen molar-refractivity contribution in [2.24, 2.45) is 0 Å². The summed E-state index contributed by atoms with van der Waals surface area (Å²) in [7, 11) is 0. The normalized spacial score (nSPS) is 16.1. The summed E-state index contributed by atoms with van der Waals surface area (Å²) in [5, 5.41) is 8.66. The molecule has 0 atom stereocenters. The van der Waals surface area contributed by atoms with E-state index in [0.717, 1.165) is 32.4 Å². The molecule has 0 bridgehead atoms. The summed E-state index contributed by atoms with van der Waals surface area (Å²) in [4.78, 5) is 13.6. The van der Waals surface area contributed by atoms with Gasteiger partial charge in [-0.05, 0) is 25.7 Å². The fourth-order valence-electron chi connectivity index (χ4n) is 2.75. The predicted molar refractivity (Wildman–Crippen MR) is 79.1 cm³/mol. The number of hydrogen-bond acceptors (Lipinski definition) is 2. The predicted octanol–water partition coefficient (Wildman–Crippen LogP) is 3.50. The Morgan fingerprint density at radius 1 is 0.842 bits per heavy atom. The monoisotopic (exact) mass is 269 g/mol. The van der Waals surface area contributed by atoms with Crippen LogP contribution in [0.4, 0.5) is 0 Å². The lowest BCUT2D eigenvalue weighted by molar-refractivity contribution is -0.133. The van der Waals surface area contributed by atoms with E-state index in [4.69, 9.17) is 5.11 Å². The summed E-state index contributed by atoms with van der Waals surface area (Å²) in [5.41, 5.74) is 0. The van der Waals surface area contributed by atoms with Crippen LogP contribution in [0.5, 0.6) is 0 Å². The van der Waals surface area contributed by atoms with E-state index < -0.39 is 0 Å². The van der Waals surface area contributed by atoms with Crippen LogP contribution in [0.25, 0.3) is 0 Å². The summed E-state index contributed by atoms with van der Waals surface area (Å²) in [5.74, 6) is 0.370. The quantitative estimate of drug-likeness (QED) is 0.583. The fraction of sp³-hybridized carbons (Fsp3) is 0.938. The minimum atomic E-state index is 0.342. The van der Waals surface area contributed by atoms with Crippen molar-refractivity contribution in [1.29, 1.82) is 0 Å². The summed E-state index contributed by atoms with van der Waals surface area (Å²) in [6.45, 7) is 2.31. The average molecular weight is 269 g/mol. The molecule has 1 rings (SSSR count). The zero-order valence-corrected chi connectivity index (χ0v) is 12.4. The maximum Gasteiger partial charge on any atom is 0.222 e. The van der Waals surface area contributed by atoms with Gasteiger partial charge in [-0.15, -0.1) is 0 Å². The molecule has 0 aliphatic carbocycles. The van der Waals surface area contributed by atoms with Gasteiger partial charge in [-0.1, -0.05) is 44.9 Å². The van der Waals surface area contributed by atoms with E-state index in [1.165, 1.54) is 57.8 Å². The van der Waals surface area contributed by atoms with Crippen LogP contribution >= 0.6 is 0 Å². The van der Waals surface area contributed by atoms with Crippen molar-refractivity contribution >= 4 is 5.91 Å². The minimum absolute atomic E-state index is 0.342. The zero-order chi connectivity index (χ0) is 13.8. The second kappa shape index (κ2) is 11.3. The van der Waals surface area contributed by atoms with Gasteiger partial charge in [-0.3, -0.25) is 4.79 Å². The van der Waals surface area contributed by atoms with Crippen LogP contribution in [0.2, 0.25) is 0 Å². The standard InChI is InChI=1S/C16H31NO2/c18-15-11-7-5-3-1-2-4-6-9-13-17-14-10-8-12-16(17)19/h18H,1-15H2. The van der Waals surface area contributed by atoms with Crippen LogP contribution in [0.1, 0.15) is 77.0 Å². The van der Waals surface area contributed by atoms with Gasteiger partial charge in [0.2, 0.25) is 5.91 Å². The van der Waals surface area contributed by atoms with Crippen LogP contribution in [-0.4, -0.2) is 35.6 Å². The number of hydrogen-bond donors (Lipinski definition) is 1. The van der Waals surface area contributed by atoms with Crippen LogP contribution in [-0.2, 0) is 4.79 Å². The first kappa shape index (κ1) is 16.5. The highest BCUT2D eigenvalue weighted by Gasteiger charge is 2.16. The molecule has 1 aliphatic rings. The number of unbranched alkanes of at least 4 members (excludes halogenated alkanes) is 8. The summed E-state index contributed by atoms with van der Waals surface area (Å²) in [6, 6.07) is 0. The molecule has 0 aromatic heterocycles. The van der Waals surface area contributed by atoms with E-state index in [-0.39, 0.29) is 0 Å².